The van der Waals surface area contributed by atoms with Crippen LogP contribution in [0.25, 0.3) is 11.4 Å². The first-order valence-electron chi connectivity index (χ1n) is 6.75. The predicted octanol–water partition coefficient (Wildman–Crippen LogP) is 3.22. The van der Waals surface area contributed by atoms with Gasteiger partial charge in [-0.2, -0.15) is 4.98 Å². The quantitative estimate of drug-likeness (QED) is 0.809. The number of benzene rings is 1. The van der Waals surface area contributed by atoms with Crippen molar-refractivity contribution in [2.24, 2.45) is 0 Å². The Labute approximate surface area is 118 Å². The maximum absolute atomic E-state index is 11.6. The molecule has 0 aliphatic rings. The number of carbonyl (C=O) groups excluding carboxylic acids is 1. The van der Waals surface area contributed by atoms with Crippen LogP contribution in [0.5, 0.6) is 5.75 Å². The average molecular weight is 274 g/mol. The van der Waals surface area contributed by atoms with Gasteiger partial charge in [0.2, 0.25) is 11.7 Å². The maximum atomic E-state index is 11.6. The Morgan fingerprint density at radius 2 is 2.20 bits per heavy atom. The van der Waals surface area contributed by atoms with Gasteiger partial charge in [0.15, 0.2) is 0 Å². The average Bonchev–Trinajstić information content (AvgIpc) is 2.96. The van der Waals surface area contributed by atoms with Gasteiger partial charge in [0, 0.05) is 12.0 Å². The van der Waals surface area contributed by atoms with E-state index in [9.17, 15) is 4.79 Å². The van der Waals surface area contributed by atoms with E-state index >= 15 is 0 Å². The van der Waals surface area contributed by atoms with Gasteiger partial charge in [-0.25, -0.2) is 0 Å². The molecule has 1 aromatic carbocycles. The molecule has 0 radical (unpaired) electrons. The van der Waals surface area contributed by atoms with E-state index in [0.717, 1.165) is 11.3 Å². The summed E-state index contributed by atoms with van der Waals surface area (Å²) in [4.78, 5) is 15.9. The highest BCUT2D eigenvalue weighted by Crippen LogP contribution is 2.24. The van der Waals surface area contributed by atoms with E-state index in [1.807, 2.05) is 38.1 Å². The van der Waals surface area contributed by atoms with E-state index in [1.54, 1.807) is 6.92 Å². The van der Waals surface area contributed by atoms with E-state index in [0.29, 0.717) is 24.7 Å². The molecule has 1 atom stereocenters. The van der Waals surface area contributed by atoms with Crippen molar-refractivity contribution in [3.63, 3.8) is 0 Å². The normalized spacial score (nSPS) is 12.2. The molecule has 20 heavy (non-hydrogen) atoms. The second-order valence-corrected chi connectivity index (χ2v) is 4.46. The van der Waals surface area contributed by atoms with Crippen LogP contribution in [0.4, 0.5) is 0 Å². The van der Waals surface area contributed by atoms with Crippen molar-refractivity contribution >= 4 is 5.78 Å². The monoisotopic (exact) mass is 274 g/mol. The molecule has 5 nitrogen and oxygen atoms in total. The molecular weight excluding hydrogens is 256 g/mol. The molecule has 0 fully saturated rings. The first-order valence-corrected chi connectivity index (χ1v) is 6.75. The summed E-state index contributed by atoms with van der Waals surface area (Å²) >= 11 is 0. The van der Waals surface area contributed by atoms with Gasteiger partial charge in [-0.15, -0.1) is 0 Å². The van der Waals surface area contributed by atoms with Crippen LogP contribution >= 0.6 is 0 Å². The zero-order valence-corrected chi connectivity index (χ0v) is 11.9. The standard InChI is InChI=1S/C15H18N2O3/c1-4-13(18)10(3)15-16-14(17-20-15)11-7-6-8-12(9-11)19-5-2/h6-10H,4-5H2,1-3H3. The molecule has 0 saturated heterocycles. The molecule has 0 aliphatic carbocycles. The van der Waals surface area contributed by atoms with Gasteiger partial charge in [-0.1, -0.05) is 24.2 Å². The minimum absolute atomic E-state index is 0.0864. The summed E-state index contributed by atoms with van der Waals surface area (Å²) in [5.41, 5.74) is 0.807. The van der Waals surface area contributed by atoms with Crippen LogP contribution in [-0.4, -0.2) is 22.5 Å². The number of ether oxygens (including phenoxy) is 1. The second-order valence-electron chi connectivity index (χ2n) is 4.46. The molecule has 2 aromatic rings. The van der Waals surface area contributed by atoms with Crippen LogP contribution in [0.3, 0.4) is 0 Å². The first-order chi connectivity index (χ1) is 9.65. The van der Waals surface area contributed by atoms with Crippen molar-refractivity contribution < 1.29 is 14.1 Å². The summed E-state index contributed by atoms with van der Waals surface area (Å²) in [5, 5.41) is 3.93. The van der Waals surface area contributed by atoms with Gasteiger partial charge in [0.25, 0.3) is 0 Å². The number of hydrogen-bond donors (Lipinski definition) is 0. The van der Waals surface area contributed by atoms with Crippen molar-refractivity contribution in [3.05, 3.63) is 30.2 Å². The third-order valence-electron chi connectivity index (χ3n) is 3.05. The highest BCUT2D eigenvalue weighted by Gasteiger charge is 2.20. The molecule has 0 amide bonds. The topological polar surface area (TPSA) is 65.2 Å². The van der Waals surface area contributed by atoms with Gasteiger partial charge >= 0.3 is 0 Å². The van der Waals surface area contributed by atoms with Crippen LogP contribution in [0, 0.1) is 0 Å². The molecule has 106 valence electrons. The molecule has 0 bridgehead atoms. The lowest BCUT2D eigenvalue weighted by Crippen LogP contribution is -2.07. The second kappa shape index (κ2) is 6.32. The fourth-order valence-corrected chi connectivity index (χ4v) is 1.86. The lowest BCUT2D eigenvalue weighted by atomic mass is 10.1. The Kier molecular flexibility index (Phi) is 4.50. The molecule has 1 unspecified atom stereocenters. The number of aromatic nitrogens is 2. The summed E-state index contributed by atoms with van der Waals surface area (Å²) in [7, 11) is 0. The molecule has 2 rings (SSSR count). The molecule has 0 N–H and O–H groups in total. The highest BCUT2D eigenvalue weighted by molar-refractivity contribution is 5.84. The highest BCUT2D eigenvalue weighted by atomic mass is 16.5. The fraction of sp³-hybridized carbons (Fsp3) is 0.400. The third-order valence-corrected chi connectivity index (χ3v) is 3.05. The lowest BCUT2D eigenvalue weighted by molar-refractivity contribution is -0.120. The Balaban J connectivity index is 2.24. The Hall–Kier alpha value is -2.17. The number of nitrogens with zero attached hydrogens (tertiary/aromatic N) is 2. The maximum Gasteiger partial charge on any atom is 0.237 e. The lowest BCUT2D eigenvalue weighted by Gasteiger charge is -2.03. The fourth-order valence-electron chi connectivity index (χ4n) is 1.86. The van der Waals surface area contributed by atoms with Crippen LogP contribution in [-0.2, 0) is 4.79 Å². The Morgan fingerprint density at radius 3 is 2.90 bits per heavy atom. The minimum Gasteiger partial charge on any atom is -0.494 e. The summed E-state index contributed by atoms with van der Waals surface area (Å²) < 4.78 is 10.6. The van der Waals surface area contributed by atoms with Crippen molar-refractivity contribution in [3.8, 4) is 17.1 Å². The van der Waals surface area contributed by atoms with Crippen LogP contribution in [0.1, 0.15) is 39.0 Å². The van der Waals surface area contributed by atoms with Crippen molar-refractivity contribution in [1.29, 1.82) is 0 Å². The molecule has 1 aromatic heterocycles. The smallest absolute Gasteiger partial charge is 0.237 e. The molecular formula is C15H18N2O3. The number of hydrogen-bond acceptors (Lipinski definition) is 5. The van der Waals surface area contributed by atoms with Crippen LogP contribution < -0.4 is 4.74 Å². The Bertz CT molecular complexity index is 592. The van der Waals surface area contributed by atoms with Gasteiger partial charge in [0.05, 0.1) is 12.5 Å². The van der Waals surface area contributed by atoms with E-state index < -0.39 is 0 Å². The van der Waals surface area contributed by atoms with Gasteiger partial charge in [-0.05, 0) is 26.0 Å². The number of carbonyl (C=O) groups is 1. The largest absolute Gasteiger partial charge is 0.494 e. The van der Waals surface area contributed by atoms with Crippen molar-refractivity contribution in [2.45, 2.75) is 33.1 Å². The zero-order chi connectivity index (χ0) is 14.5. The minimum atomic E-state index is -0.365. The van der Waals surface area contributed by atoms with Crippen molar-refractivity contribution in [2.75, 3.05) is 6.61 Å². The van der Waals surface area contributed by atoms with E-state index in [4.69, 9.17) is 9.26 Å². The summed E-state index contributed by atoms with van der Waals surface area (Å²) in [6.45, 7) is 6.13. The van der Waals surface area contributed by atoms with E-state index in [-0.39, 0.29) is 11.7 Å². The molecule has 1 heterocycles. The number of Topliss-reactive ketones (excluding diaryl/α,β-unsaturated/α-hetero) is 1. The van der Waals surface area contributed by atoms with Gasteiger partial charge in [-0.3, -0.25) is 4.79 Å². The first kappa shape index (κ1) is 14.2. The Morgan fingerprint density at radius 1 is 1.40 bits per heavy atom. The summed E-state index contributed by atoms with van der Waals surface area (Å²) in [6.07, 6.45) is 0.457. The van der Waals surface area contributed by atoms with E-state index in [1.165, 1.54) is 0 Å². The van der Waals surface area contributed by atoms with E-state index in [2.05, 4.69) is 10.1 Å². The molecule has 5 heteroatoms. The van der Waals surface area contributed by atoms with Crippen LogP contribution in [0.15, 0.2) is 28.8 Å². The summed E-state index contributed by atoms with van der Waals surface area (Å²) in [5.74, 6) is 1.31. The van der Waals surface area contributed by atoms with Gasteiger partial charge < -0.3 is 9.26 Å². The SMILES string of the molecule is CCOc1cccc(-c2noc(C(C)C(=O)CC)n2)c1. The van der Waals surface area contributed by atoms with Gasteiger partial charge in [0.1, 0.15) is 11.5 Å². The van der Waals surface area contributed by atoms with Crippen molar-refractivity contribution in [1.82, 2.24) is 10.1 Å². The predicted molar refractivity (Wildman–Crippen MR) is 74.6 cm³/mol. The van der Waals surface area contributed by atoms with Crippen LogP contribution in [0.2, 0.25) is 0 Å². The molecule has 0 aliphatic heterocycles. The number of rotatable bonds is 6. The third kappa shape index (κ3) is 3.04. The number of ketones is 1. The summed E-state index contributed by atoms with van der Waals surface area (Å²) in [6, 6.07) is 7.47. The zero-order valence-electron chi connectivity index (χ0n) is 11.9. The molecule has 0 saturated carbocycles. The molecule has 0 spiro atoms.